The molecule has 4 heteroatoms. The third-order valence-electron chi connectivity index (χ3n) is 2.39. The summed E-state index contributed by atoms with van der Waals surface area (Å²) < 4.78 is 4.53. The van der Waals surface area contributed by atoms with E-state index in [4.69, 9.17) is 0 Å². The second-order valence-electron chi connectivity index (χ2n) is 3.42. The van der Waals surface area contributed by atoms with E-state index < -0.39 is 5.97 Å². The Labute approximate surface area is 93.1 Å². The predicted octanol–water partition coefficient (Wildman–Crippen LogP) is 1.13. The van der Waals surface area contributed by atoms with E-state index >= 15 is 0 Å². The van der Waals surface area contributed by atoms with Crippen molar-refractivity contribution in [2.24, 2.45) is 0 Å². The van der Waals surface area contributed by atoms with E-state index in [1.54, 1.807) is 4.90 Å². The first-order valence-corrected chi connectivity index (χ1v) is 4.87. The molecule has 0 fully saturated rings. The number of rotatable bonds is 2. The number of Topliss-reactive ketones (excluding diaryl/α,β-unsaturated/α-hetero) is 1. The highest BCUT2D eigenvalue weighted by Crippen LogP contribution is 2.20. The van der Waals surface area contributed by atoms with E-state index in [0.717, 1.165) is 5.69 Å². The predicted molar refractivity (Wildman–Crippen MR) is 58.9 cm³/mol. The second kappa shape index (κ2) is 4.18. The molecular weight excluding hydrogens is 206 g/mol. The fourth-order valence-corrected chi connectivity index (χ4v) is 1.58. The molecule has 0 spiro atoms. The third-order valence-corrected chi connectivity index (χ3v) is 2.39. The average molecular weight is 217 g/mol. The third kappa shape index (κ3) is 1.82. The number of methoxy groups -OCH3 is 1. The van der Waals surface area contributed by atoms with Gasteiger partial charge in [-0.2, -0.15) is 0 Å². The monoisotopic (exact) mass is 217 g/mol. The normalized spacial score (nSPS) is 14.9. The van der Waals surface area contributed by atoms with Gasteiger partial charge in [0.15, 0.2) is 5.78 Å². The maximum Gasteiger partial charge on any atom is 0.343 e. The molecule has 0 atom stereocenters. The zero-order valence-corrected chi connectivity index (χ0v) is 8.84. The minimum Gasteiger partial charge on any atom is -0.465 e. The van der Waals surface area contributed by atoms with E-state index in [0.29, 0.717) is 0 Å². The molecule has 4 nitrogen and oxygen atoms in total. The van der Waals surface area contributed by atoms with Crippen LogP contribution < -0.4 is 4.90 Å². The molecule has 0 N–H and O–H groups in total. The molecule has 1 aliphatic heterocycles. The van der Waals surface area contributed by atoms with E-state index in [1.165, 1.54) is 13.3 Å². The van der Waals surface area contributed by atoms with Crippen molar-refractivity contribution in [2.45, 2.75) is 0 Å². The van der Waals surface area contributed by atoms with Gasteiger partial charge in [0.25, 0.3) is 0 Å². The highest BCUT2D eigenvalue weighted by atomic mass is 16.5. The standard InChI is InChI=1S/C12H11NO3/c1-16-12(15)10-7-13(8-11(10)14)9-5-3-2-4-6-9/h2-7H,8H2,1H3. The second-order valence-corrected chi connectivity index (χ2v) is 3.42. The van der Waals surface area contributed by atoms with Crippen molar-refractivity contribution in [1.29, 1.82) is 0 Å². The van der Waals surface area contributed by atoms with Gasteiger partial charge >= 0.3 is 5.97 Å². The molecule has 0 aliphatic carbocycles. The number of hydrogen-bond acceptors (Lipinski definition) is 4. The van der Waals surface area contributed by atoms with Crippen LogP contribution in [0.2, 0.25) is 0 Å². The Morgan fingerprint density at radius 1 is 1.31 bits per heavy atom. The first kappa shape index (κ1) is 10.4. The summed E-state index contributed by atoms with van der Waals surface area (Å²) in [6.07, 6.45) is 1.53. The molecule has 2 rings (SSSR count). The summed E-state index contributed by atoms with van der Waals surface area (Å²) >= 11 is 0. The Balaban J connectivity index is 2.26. The molecule has 0 amide bonds. The number of ether oxygens (including phenoxy) is 1. The molecule has 0 radical (unpaired) electrons. The van der Waals surface area contributed by atoms with Crippen molar-refractivity contribution in [3.63, 3.8) is 0 Å². The Kier molecular flexibility index (Phi) is 2.72. The quantitative estimate of drug-likeness (QED) is 0.550. The van der Waals surface area contributed by atoms with Crippen LogP contribution in [0.3, 0.4) is 0 Å². The van der Waals surface area contributed by atoms with Gasteiger partial charge < -0.3 is 9.64 Å². The molecule has 16 heavy (non-hydrogen) atoms. The number of esters is 1. The van der Waals surface area contributed by atoms with Crippen molar-refractivity contribution < 1.29 is 14.3 Å². The van der Waals surface area contributed by atoms with Crippen LogP contribution in [0, 0.1) is 0 Å². The summed E-state index contributed by atoms with van der Waals surface area (Å²) in [6.45, 7) is 0.189. The number of carbonyl (C=O) groups excluding carboxylic acids is 2. The first-order chi connectivity index (χ1) is 7.72. The number of nitrogens with zero attached hydrogens (tertiary/aromatic N) is 1. The lowest BCUT2D eigenvalue weighted by Crippen LogP contribution is -2.18. The molecule has 1 aromatic rings. The number of carbonyl (C=O) groups is 2. The van der Waals surface area contributed by atoms with Gasteiger partial charge in [-0.05, 0) is 12.1 Å². The van der Waals surface area contributed by atoms with Crippen LogP contribution in [0.4, 0.5) is 5.69 Å². The number of para-hydroxylation sites is 1. The lowest BCUT2D eigenvalue weighted by atomic mass is 10.2. The van der Waals surface area contributed by atoms with Crippen LogP contribution in [-0.4, -0.2) is 25.4 Å². The summed E-state index contributed by atoms with van der Waals surface area (Å²) in [5.41, 5.74) is 0.987. The highest BCUT2D eigenvalue weighted by molar-refractivity contribution is 6.21. The summed E-state index contributed by atoms with van der Waals surface area (Å²) in [5, 5.41) is 0. The lowest BCUT2D eigenvalue weighted by Gasteiger charge is -2.13. The minimum atomic E-state index is -0.580. The molecule has 0 saturated heterocycles. The van der Waals surface area contributed by atoms with Crippen molar-refractivity contribution in [3.8, 4) is 0 Å². The molecule has 1 aliphatic rings. The van der Waals surface area contributed by atoms with Crippen molar-refractivity contribution in [3.05, 3.63) is 42.1 Å². The number of hydrogen-bond donors (Lipinski definition) is 0. The van der Waals surface area contributed by atoms with Crippen LogP contribution in [0.1, 0.15) is 0 Å². The van der Waals surface area contributed by atoms with Gasteiger partial charge in [-0.25, -0.2) is 4.79 Å². The minimum absolute atomic E-state index is 0.103. The molecule has 0 aromatic heterocycles. The lowest BCUT2D eigenvalue weighted by molar-refractivity contribution is -0.137. The van der Waals surface area contributed by atoms with Crippen LogP contribution in [0.5, 0.6) is 0 Å². The van der Waals surface area contributed by atoms with E-state index in [1.807, 2.05) is 30.3 Å². The SMILES string of the molecule is COC(=O)C1=CN(c2ccccc2)CC1=O. The van der Waals surface area contributed by atoms with Crippen molar-refractivity contribution >= 4 is 17.4 Å². The van der Waals surface area contributed by atoms with Gasteiger partial charge in [0.1, 0.15) is 5.57 Å². The zero-order chi connectivity index (χ0) is 11.5. The zero-order valence-electron chi connectivity index (χ0n) is 8.84. The summed E-state index contributed by atoms with van der Waals surface area (Å²) in [7, 11) is 1.27. The molecule has 1 aromatic carbocycles. The van der Waals surface area contributed by atoms with Gasteiger partial charge in [0.05, 0.1) is 13.7 Å². The fraction of sp³-hybridized carbons (Fsp3) is 0.167. The maximum absolute atomic E-state index is 11.5. The van der Waals surface area contributed by atoms with Gasteiger partial charge in [-0.1, -0.05) is 18.2 Å². The fourth-order valence-electron chi connectivity index (χ4n) is 1.58. The van der Waals surface area contributed by atoms with Crippen LogP contribution in [0.25, 0.3) is 0 Å². The Morgan fingerprint density at radius 2 is 2.00 bits per heavy atom. The van der Waals surface area contributed by atoms with Crippen molar-refractivity contribution in [1.82, 2.24) is 0 Å². The molecular formula is C12H11NO3. The Hall–Kier alpha value is -2.10. The van der Waals surface area contributed by atoms with E-state index in [2.05, 4.69) is 4.74 Å². The molecule has 0 saturated carbocycles. The van der Waals surface area contributed by atoms with E-state index in [9.17, 15) is 9.59 Å². The van der Waals surface area contributed by atoms with Gasteiger partial charge in [0.2, 0.25) is 0 Å². The van der Waals surface area contributed by atoms with E-state index in [-0.39, 0.29) is 17.9 Å². The number of anilines is 1. The largest absolute Gasteiger partial charge is 0.465 e. The van der Waals surface area contributed by atoms with Gasteiger partial charge in [-0.15, -0.1) is 0 Å². The topological polar surface area (TPSA) is 46.6 Å². The molecule has 0 unspecified atom stereocenters. The summed E-state index contributed by atoms with van der Waals surface area (Å²) in [4.78, 5) is 24.5. The average Bonchev–Trinajstić information content (AvgIpc) is 2.71. The first-order valence-electron chi connectivity index (χ1n) is 4.87. The maximum atomic E-state index is 11.5. The van der Waals surface area contributed by atoms with Crippen molar-refractivity contribution in [2.75, 3.05) is 18.6 Å². The van der Waals surface area contributed by atoms with Crippen LogP contribution >= 0.6 is 0 Å². The molecule has 0 bridgehead atoms. The molecule has 1 heterocycles. The van der Waals surface area contributed by atoms with Crippen LogP contribution in [-0.2, 0) is 14.3 Å². The summed E-state index contributed by atoms with van der Waals surface area (Å²) in [5.74, 6) is -0.792. The van der Waals surface area contributed by atoms with Gasteiger partial charge in [-0.3, -0.25) is 4.79 Å². The summed E-state index contributed by atoms with van der Waals surface area (Å²) in [6, 6.07) is 9.41. The number of benzene rings is 1. The van der Waals surface area contributed by atoms with Gasteiger partial charge in [0, 0.05) is 11.9 Å². The Bertz CT molecular complexity index is 451. The molecule has 82 valence electrons. The number of ketones is 1. The smallest absolute Gasteiger partial charge is 0.343 e. The van der Waals surface area contributed by atoms with Crippen LogP contribution in [0.15, 0.2) is 42.1 Å². The Morgan fingerprint density at radius 3 is 2.62 bits per heavy atom. The highest BCUT2D eigenvalue weighted by Gasteiger charge is 2.28.